The second-order valence-electron chi connectivity index (χ2n) is 26.0. The van der Waals surface area contributed by atoms with Crippen LogP contribution in [-0.2, 0) is 26.6 Å². The Bertz CT molecular complexity index is 4660. The van der Waals surface area contributed by atoms with Gasteiger partial charge >= 0.3 is 0 Å². The molecule has 0 fully saturated rings. The maximum atomic E-state index is 7.65. The molecule has 0 spiro atoms. The number of hydrogen-bond acceptors (Lipinski definition) is 0. The molecule has 10 nitrogen and oxygen atoms in total. The summed E-state index contributed by atoms with van der Waals surface area (Å²) in [5.74, 6) is 0. The molecule has 0 atom stereocenters. The first kappa shape index (κ1) is 61.7. The lowest BCUT2D eigenvalue weighted by Crippen LogP contribution is -2.43. The van der Waals surface area contributed by atoms with Crippen LogP contribution in [0.25, 0.3) is 88.0 Å². The number of fused-ring (bicyclic) bond motifs is 3. The Hall–Kier alpha value is -9.33. The normalized spacial score (nSPS) is 11.6. The number of benzene rings is 6. The average Bonchev–Trinajstić information content (AvgIpc) is 2.64. The minimum absolute atomic E-state index is 0.0572. The minimum Gasteiger partial charge on any atom is -0.238 e. The van der Waals surface area contributed by atoms with E-state index in [9.17, 15) is 0 Å². The van der Waals surface area contributed by atoms with Crippen molar-refractivity contribution in [1.29, 1.82) is 0 Å². The van der Waals surface area contributed by atoms with Crippen molar-refractivity contribution in [3.05, 3.63) is 239 Å². The zero-order valence-corrected chi connectivity index (χ0v) is 55.5. The fourth-order valence-corrected chi connectivity index (χ4v) is 12.7. The fraction of sp³-hybridized carbons (Fsp3) is 0.295. The molecule has 0 saturated carbocycles. The second kappa shape index (κ2) is 24.8. The largest absolute Gasteiger partial charge is 0.238 e. The molecule has 0 amide bonds. The van der Waals surface area contributed by atoms with Crippen LogP contribution in [0.1, 0.15) is 125 Å². The lowest BCUT2D eigenvalue weighted by atomic mass is 9.84. The zero-order chi connectivity index (χ0) is 63.2. The summed E-state index contributed by atoms with van der Waals surface area (Å²) < 4.78 is 20.3. The van der Waals surface area contributed by atoms with Gasteiger partial charge in [0.25, 0.3) is 0 Å². The average molecular weight is 1170 g/mol. The van der Waals surface area contributed by atoms with E-state index in [1.54, 1.807) is 0 Å². The first-order chi connectivity index (χ1) is 41.8. The molecule has 0 N–H and O–H groups in total. The number of aromatic nitrogens is 9. The number of hydrogen-bond donors (Lipinski definition) is 0. The van der Waals surface area contributed by atoms with Crippen molar-refractivity contribution in [2.24, 2.45) is 21.1 Å². The minimum atomic E-state index is 0.0572. The van der Waals surface area contributed by atoms with Gasteiger partial charge in [0.1, 0.15) is 17.1 Å². The molecule has 0 radical (unpaired) electrons. The molecule has 0 bridgehead atoms. The van der Waals surface area contributed by atoms with Gasteiger partial charge in [-0.2, -0.15) is 27.7 Å². The predicted octanol–water partition coefficient (Wildman–Crippen LogP) is 16.0. The van der Waals surface area contributed by atoms with Crippen molar-refractivity contribution in [3.63, 3.8) is 0 Å². The summed E-state index contributed by atoms with van der Waals surface area (Å²) in [6, 6.07) is 53.5. The van der Waals surface area contributed by atoms with Gasteiger partial charge in [0.05, 0.1) is 27.7 Å². The predicted molar refractivity (Wildman–Crippen MR) is 360 cm³/mol. The van der Waals surface area contributed by atoms with Gasteiger partial charge in [0.2, 0.25) is 17.1 Å². The van der Waals surface area contributed by atoms with Crippen molar-refractivity contribution < 1.29 is 27.7 Å². The van der Waals surface area contributed by atoms with E-state index in [1.807, 2.05) is 12.1 Å². The van der Waals surface area contributed by atoms with Crippen LogP contribution in [0.5, 0.6) is 0 Å². The van der Waals surface area contributed by atoms with Gasteiger partial charge in [0.15, 0.2) is 78.1 Å². The summed E-state index contributed by atoms with van der Waals surface area (Å²) in [5, 5.41) is 7.48. The number of rotatable bonds is 9. The molecule has 0 unspecified atom stereocenters. The molecule has 88 heavy (non-hydrogen) atoms. The van der Waals surface area contributed by atoms with Crippen LogP contribution < -0.4 is 27.7 Å². The molecule has 0 saturated heterocycles. The third-order valence-corrected chi connectivity index (χ3v) is 17.7. The van der Waals surface area contributed by atoms with E-state index in [2.05, 4.69) is 349 Å². The fourth-order valence-electron chi connectivity index (χ4n) is 12.7. The Balaban J connectivity index is 0.000000146. The Kier molecular flexibility index (Phi) is 17.4. The summed E-state index contributed by atoms with van der Waals surface area (Å²) in [5.41, 5.74) is 21.5. The van der Waals surface area contributed by atoms with E-state index in [0.717, 1.165) is 28.2 Å². The zero-order valence-electron chi connectivity index (χ0n) is 55.5. The van der Waals surface area contributed by atoms with Crippen LogP contribution in [-0.4, -0.2) is 14.0 Å². The van der Waals surface area contributed by atoms with Crippen LogP contribution >= 0.6 is 0 Å². The molecule has 0 aliphatic heterocycles. The van der Waals surface area contributed by atoms with Crippen molar-refractivity contribution >= 4 is 38.0 Å². The van der Waals surface area contributed by atoms with Crippen molar-refractivity contribution in [2.45, 2.75) is 134 Å². The number of nitrogens with zero attached hydrogens (tertiary/aromatic N) is 10. The molecule has 0 aliphatic carbocycles. The van der Waals surface area contributed by atoms with E-state index in [-0.39, 0.29) is 5.41 Å². The number of aryl methyl sites for hydroxylation is 4. The van der Waals surface area contributed by atoms with Crippen molar-refractivity contribution in [3.8, 4) is 50.8 Å². The Labute approximate surface area is 522 Å². The van der Waals surface area contributed by atoms with E-state index in [1.165, 1.54) is 99.8 Å². The van der Waals surface area contributed by atoms with Crippen molar-refractivity contribution in [1.82, 2.24) is 14.0 Å². The molecule has 12 aromatic rings. The summed E-state index contributed by atoms with van der Waals surface area (Å²) in [4.78, 5) is 3.77. The van der Waals surface area contributed by atoms with Gasteiger partial charge < -0.3 is 0 Å². The van der Waals surface area contributed by atoms with Crippen LogP contribution in [0.3, 0.4) is 0 Å². The highest BCUT2D eigenvalue weighted by molar-refractivity contribution is 5.83. The summed E-state index contributed by atoms with van der Waals surface area (Å²) in [6.07, 6.45) is 13.2. The molecule has 446 valence electrons. The van der Waals surface area contributed by atoms with Crippen LogP contribution in [0.15, 0.2) is 183 Å². The van der Waals surface area contributed by atoms with Gasteiger partial charge in [0, 0.05) is 125 Å². The van der Waals surface area contributed by atoms with Crippen molar-refractivity contribution in [2.75, 3.05) is 0 Å². The molecule has 10 heteroatoms. The standard InChI is InChI=1S/C28H35N3.C25H26N4.C25H29N3/c1-19(2)31-14-13-26(29(31)8)25-16-24(28(5,6)7)17-27(21(25)4)30-18-23-12-10-9-11-22(23)15-20(30)3;1-17(2)29-12-11-24(27(29)6)23-14-22(26-5)15-25(19(23)4)28-16-21-10-8-7-9-20(21)13-18(28)3;1-17(2)28-12-11-24(26(28)6)23-13-18(3)14-25(20(23)5)27-16-22-10-8-7-9-21(22)15-19(27)4/h9-19H,1-8H3;7-17H,1-4,6H3;7-17H,1-6H3/q3*+2. The second-order valence-corrected chi connectivity index (χ2v) is 26.0. The topological polar surface area (TPSA) is 42.4 Å². The van der Waals surface area contributed by atoms with Crippen LogP contribution in [0, 0.1) is 55.0 Å². The monoisotopic (exact) mass is 1170 g/mol. The highest BCUT2D eigenvalue weighted by Gasteiger charge is 2.29. The molecule has 12 rings (SSSR count). The first-order valence-corrected chi connectivity index (χ1v) is 31.1. The maximum absolute atomic E-state index is 7.65. The van der Waals surface area contributed by atoms with E-state index in [0.29, 0.717) is 23.8 Å². The molecule has 6 aromatic heterocycles. The smallest absolute Gasteiger partial charge is 0.214 e. The maximum Gasteiger partial charge on any atom is 0.214 e. The molecular weight excluding hydrogens is 1080 g/mol. The first-order valence-electron chi connectivity index (χ1n) is 31.1. The Morgan fingerprint density at radius 3 is 1.03 bits per heavy atom. The van der Waals surface area contributed by atoms with Crippen LogP contribution in [0.2, 0.25) is 0 Å². The summed E-state index contributed by atoms with van der Waals surface area (Å²) in [6.45, 7) is 43.1. The molecular formula is C78H90N10+6. The Morgan fingerprint density at radius 1 is 0.386 bits per heavy atom. The SMILES string of the molecule is Cc1c(-c2cc[n+](C(C)C)n2C)cc(C(C)(C)C)cc1-[n+]1cc2ccccc2cc1C.Cc1cc(-c2cc[n+](C(C)C)n2C)c(C)c(-[n+]2cc3ccccc3cc2C)c1.[C-]#[N+]c1cc(-c2cc[n+](C(C)C)n2C)c(C)c(-[n+]2cc3ccccc3cc2C)c1. The van der Waals surface area contributed by atoms with E-state index < -0.39 is 0 Å². The third-order valence-electron chi connectivity index (χ3n) is 17.7. The van der Waals surface area contributed by atoms with Gasteiger partial charge in [-0.05, 0) is 138 Å². The van der Waals surface area contributed by atoms with Crippen LogP contribution in [0.4, 0.5) is 5.69 Å². The summed E-state index contributed by atoms with van der Waals surface area (Å²) in [7, 11) is 6.38. The Morgan fingerprint density at radius 2 is 0.705 bits per heavy atom. The lowest BCUT2D eigenvalue weighted by molar-refractivity contribution is -0.789. The van der Waals surface area contributed by atoms with Gasteiger partial charge in [-0.15, -0.1) is 14.0 Å². The highest BCUT2D eigenvalue weighted by Crippen LogP contribution is 2.35. The molecule has 6 aromatic carbocycles. The number of pyridine rings is 3. The molecule has 0 aliphatic rings. The quantitative estimate of drug-likeness (QED) is 0.102. The van der Waals surface area contributed by atoms with Gasteiger partial charge in [-0.1, -0.05) is 75.4 Å². The van der Waals surface area contributed by atoms with E-state index >= 15 is 0 Å². The van der Waals surface area contributed by atoms with E-state index in [4.69, 9.17) is 6.57 Å². The highest BCUT2D eigenvalue weighted by atomic mass is 15.4. The van der Waals surface area contributed by atoms with Gasteiger partial charge in [-0.25, -0.2) is 4.85 Å². The third kappa shape index (κ3) is 12.1. The lowest BCUT2D eigenvalue weighted by Gasteiger charge is -2.21. The molecule has 6 heterocycles. The van der Waals surface area contributed by atoms with Gasteiger partial charge in [-0.3, -0.25) is 0 Å². The summed E-state index contributed by atoms with van der Waals surface area (Å²) >= 11 is 0.